The molecule has 0 bridgehead atoms. The molecule has 6 aromatic rings. The van der Waals surface area contributed by atoms with Gasteiger partial charge in [0.25, 0.3) is 0 Å². The third-order valence-electron chi connectivity index (χ3n) is 8.99. The Hall–Kier alpha value is -3.50. The van der Waals surface area contributed by atoms with Crippen LogP contribution in [0.1, 0.15) is 6.92 Å². The van der Waals surface area contributed by atoms with Crippen molar-refractivity contribution in [2.75, 3.05) is 5.88 Å². The van der Waals surface area contributed by atoms with Crippen LogP contribution in [0, 0.1) is 0 Å². The summed E-state index contributed by atoms with van der Waals surface area (Å²) in [4.78, 5) is 0. The Kier molecular flexibility index (Phi) is 9.70. The molecule has 0 spiro atoms. The molecule has 0 radical (unpaired) electrons. The predicted molar refractivity (Wildman–Crippen MR) is 206 cm³/mol. The molecule has 226 valence electrons. The standard InChI is InChI=1S/C41H38Cl2P2/c1-34(33-42)32-41(43,44(35-20-8-2-9-21-35,36-22-10-3-11-23-36)37-24-12-4-13-25-37)45(38-26-14-5-15-27-38,39-28-16-6-17-29-39)40-30-18-7-19-31-40/h2-32,44-45H,33H2,1H3. The molecule has 6 aromatic carbocycles. The molecule has 6 rings (SSSR count). The Balaban J connectivity index is 1.96. The first kappa shape index (κ1) is 31.5. The van der Waals surface area contributed by atoms with E-state index >= 15 is 0 Å². The van der Waals surface area contributed by atoms with Crippen molar-refractivity contribution in [3.63, 3.8) is 0 Å². The fraction of sp³-hybridized carbons (Fsp3) is 0.0732. The monoisotopic (exact) mass is 662 g/mol. The van der Waals surface area contributed by atoms with Gasteiger partial charge in [-0.25, -0.2) is 0 Å². The van der Waals surface area contributed by atoms with Crippen LogP contribution in [0.15, 0.2) is 194 Å². The number of hydrogen-bond donors (Lipinski definition) is 0. The van der Waals surface area contributed by atoms with E-state index in [0.29, 0.717) is 5.88 Å². The molecular formula is C41H38Cl2P2. The van der Waals surface area contributed by atoms with Gasteiger partial charge < -0.3 is 0 Å². The van der Waals surface area contributed by atoms with Crippen LogP contribution < -0.4 is 31.8 Å². The molecule has 0 saturated carbocycles. The molecule has 0 amide bonds. The van der Waals surface area contributed by atoms with E-state index in [1.807, 2.05) is 0 Å². The van der Waals surface area contributed by atoms with Gasteiger partial charge in [-0.3, -0.25) is 0 Å². The van der Waals surface area contributed by atoms with Crippen LogP contribution in [0.2, 0.25) is 0 Å². The topological polar surface area (TPSA) is 0 Å². The molecule has 0 fully saturated rings. The van der Waals surface area contributed by atoms with E-state index in [4.69, 9.17) is 23.2 Å². The van der Waals surface area contributed by atoms with Gasteiger partial charge in [-0.05, 0) is 0 Å². The Bertz CT molecular complexity index is 1510. The summed E-state index contributed by atoms with van der Waals surface area (Å²) >= 11 is 15.8. The van der Waals surface area contributed by atoms with E-state index in [9.17, 15) is 0 Å². The van der Waals surface area contributed by atoms with Crippen molar-refractivity contribution in [3.05, 3.63) is 194 Å². The molecule has 0 N–H and O–H groups in total. The summed E-state index contributed by atoms with van der Waals surface area (Å²) in [5, 5.41) is 7.56. The summed E-state index contributed by atoms with van der Waals surface area (Å²) in [7, 11) is -6.50. The first-order chi connectivity index (χ1) is 22.1. The maximum absolute atomic E-state index is 9.05. The Labute approximate surface area is 279 Å². The van der Waals surface area contributed by atoms with E-state index in [2.05, 4.69) is 195 Å². The molecule has 0 unspecified atom stereocenters. The van der Waals surface area contributed by atoms with Crippen molar-refractivity contribution >= 4 is 69.6 Å². The van der Waals surface area contributed by atoms with Gasteiger partial charge in [-0.15, -0.1) is 0 Å². The second kappa shape index (κ2) is 13.9. The van der Waals surface area contributed by atoms with Crippen molar-refractivity contribution in [1.29, 1.82) is 0 Å². The number of rotatable bonds is 10. The van der Waals surface area contributed by atoms with Crippen molar-refractivity contribution in [1.82, 2.24) is 0 Å². The van der Waals surface area contributed by atoms with Crippen molar-refractivity contribution in [3.8, 4) is 0 Å². The summed E-state index contributed by atoms with van der Waals surface area (Å²) in [6.07, 6.45) is 2.38. The van der Waals surface area contributed by atoms with Crippen molar-refractivity contribution < 1.29 is 0 Å². The Morgan fingerprint density at radius 2 is 0.644 bits per heavy atom. The third-order valence-corrected chi connectivity index (χ3v) is 23.1. The number of halogens is 2. The molecule has 4 heteroatoms. The third kappa shape index (κ3) is 5.39. The molecule has 0 saturated heterocycles. The number of hydrogen-bond acceptors (Lipinski definition) is 0. The predicted octanol–water partition coefficient (Wildman–Crippen LogP) is 8.52. The van der Waals surface area contributed by atoms with Crippen LogP contribution in [0.4, 0.5) is 0 Å². The first-order valence-corrected chi connectivity index (χ1v) is 20.3. The number of alkyl halides is 2. The Morgan fingerprint density at radius 3 is 0.822 bits per heavy atom. The van der Waals surface area contributed by atoms with Gasteiger partial charge in [0.15, 0.2) is 0 Å². The van der Waals surface area contributed by atoms with Gasteiger partial charge in [0.1, 0.15) is 0 Å². The number of benzene rings is 6. The van der Waals surface area contributed by atoms with Crippen LogP contribution in [0.25, 0.3) is 0 Å². The molecular weight excluding hydrogens is 625 g/mol. The van der Waals surface area contributed by atoms with E-state index in [1.54, 1.807) is 0 Å². The number of allylic oxidation sites excluding steroid dienone is 2. The summed E-state index contributed by atoms with van der Waals surface area (Å²) in [5.41, 5.74) is 1.06. The van der Waals surface area contributed by atoms with Gasteiger partial charge in [-0.2, -0.15) is 0 Å². The molecule has 0 aliphatic heterocycles. The normalized spacial score (nSPS) is 14.3. The van der Waals surface area contributed by atoms with E-state index in [0.717, 1.165) is 5.57 Å². The summed E-state index contributed by atoms with van der Waals surface area (Å²) < 4.78 is -0.924. The second-order valence-electron chi connectivity index (χ2n) is 11.5. The van der Waals surface area contributed by atoms with Gasteiger partial charge in [0.2, 0.25) is 0 Å². The van der Waals surface area contributed by atoms with E-state index in [1.165, 1.54) is 31.8 Å². The van der Waals surface area contributed by atoms with Crippen LogP contribution in [-0.4, -0.2) is 10.2 Å². The van der Waals surface area contributed by atoms with Gasteiger partial charge in [0, 0.05) is 0 Å². The average Bonchev–Trinajstić information content (AvgIpc) is 3.12. The van der Waals surface area contributed by atoms with Crippen LogP contribution in [0.5, 0.6) is 0 Å². The average molecular weight is 664 g/mol. The fourth-order valence-electron chi connectivity index (χ4n) is 7.27. The molecule has 0 aliphatic rings. The van der Waals surface area contributed by atoms with E-state index < -0.39 is 18.9 Å². The zero-order chi connectivity index (χ0) is 31.2. The van der Waals surface area contributed by atoms with Crippen molar-refractivity contribution in [2.24, 2.45) is 0 Å². The zero-order valence-corrected chi connectivity index (χ0v) is 28.9. The molecule has 0 nitrogen and oxygen atoms in total. The summed E-state index contributed by atoms with van der Waals surface area (Å²) in [6.45, 7) is 2.13. The maximum atomic E-state index is 9.05. The van der Waals surface area contributed by atoms with Gasteiger partial charge in [0.05, 0.1) is 0 Å². The van der Waals surface area contributed by atoms with Crippen molar-refractivity contribution in [2.45, 2.75) is 11.3 Å². The minimum absolute atomic E-state index is 0.389. The van der Waals surface area contributed by atoms with Gasteiger partial charge >= 0.3 is 280 Å². The summed E-state index contributed by atoms with van der Waals surface area (Å²) in [6, 6.07) is 66.1. The molecule has 0 aliphatic carbocycles. The van der Waals surface area contributed by atoms with Crippen LogP contribution in [-0.2, 0) is 0 Å². The zero-order valence-electron chi connectivity index (χ0n) is 25.4. The molecule has 45 heavy (non-hydrogen) atoms. The molecule has 0 atom stereocenters. The molecule has 0 heterocycles. The summed E-state index contributed by atoms with van der Waals surface area (Å²) in [5.74, 6) is 0.389. The second-order valence-corrected chi connectivity index (χ2v) is 21.6. The quantitative estimate of drug-likeness (QED) is 0.0784. The van der Waals surface area contributed by atoms with Crippen LogP contribution in [0.3, 0.4) is 0 Å². The minimum atomic E-state index is -3.25. The Morgan fingerprint density at radius 1 is 0.444 bits per heavy atom. The fourth-order valence-corrected chi connectivity index (χ4v) is 23.9. The SMILES string of the molecule is CC(=CC(Cl)([PH](c1ccccc1)(c1ccccc1)c1ccccc1)[PH](c1ccccc1)(c1ccccc1)c1ccccc1)CCl. The van der Waals surface area contributed by atoms with Crippen LogP contribution >= 0.6 is 37.7 Å². The molecule has 0 aromatic heterocycles. The van der Waals surface area contributed by atoms with Gasteiger partial charge in [-0.1, -0.05) is 0 Å². The first-order valence-electron chi connectivity index (χ1n) is 15.4. The van der Waals surface area contributed by atoms with E-state index in [-0.39, 0.29) is 0 Å².